The maximum Gasteiger partial charge on any atom is 0.573 e. The first-order valence-corrected chi connectivity index (χ1v) is 10.0. The number of hydrogen-bond acceptors (Lipinski definition) is 7. The van der Waals surface area contributed by atoms with Gasteiger partial charge >= 0.3 is 12.1 Å². The van der Waals surface area contributed by atoms with Crippen molar-refractivity contribution in [2.75, 3.05) is 23.4 Å². The number of nitrogens with one attached hydrogen (secondary N) is 1. The van der Waals surface area contributed by atoms with Gasteiger partial charge in [-0.3, -0.25) is 13.9 Å². The number of ether oxygens (including phenoxy) is 2. The van der Waals surface area contributed by atoms with Crippen LogP contribution >= 0.6 is 0 Å². The Labute approximate surface area is 181 Å². The zero-order valence-corrected chi connectivity index (χ0v) is 17.8. The first-order chi connectivity index (χ1) is 15.0. The number of alkyl halides is 3. The zero-order chi connectivity index (χ0) is 23.6. The van der Waals surface area contributed by atoms with E-state index in [0.717, 1.165) is 16.7 Å². The summed E-state index contributed by atoms with van der Waals surface area (Å²) in [5.74, 6) is -0.0269. The summed E-state index contributed by atoms with van der Waals surface area (Å²) in [7, 11) is 1.50. The van der Waals surface area contributed by atoms with Gasteiger partial charge in [-0.2, -0.15) is 0 Å². The molecule has 2 N–H and O–H groups in total. The molecule has 0 radical (unpaired) electrons. The average molecular weight is 458 g/mol. The van der Waals surface area contributed by atoms with E-state index in [9.17, 15) is 22.8 Å². The highest BCUT2D eigenvalue weighted by atomic mass is 19.4. The number of aliphatic hydroxyl groups excluding tert-OH is 1. The standard InChI is InChI=1S/C20H25F3N4O5/c1-12(2)11-27-15-16(25(3)19(30)26(17(15)29)8-5-9-28)24-18(27)31-13-6-4-7-14(10-13)32-20(21,22)23/h4,6-7,10,12,18,24,28H,5,8-9,11H2,1-3H3. The summed E-state index contributed by atoms with van der Waals surface area (Å²) in [4.78, 5) is 27.4. The van der Waals surface area contributed by atoms with Crippen molar-refractivity contribution in [3.63, 3.8) is 0 Å². The van der Waals surface area contributed by atoms with Crippen LogP contribution < -0.4 is 30.9 Å². The molecular weight excluding hydrogens is 433 g/mol. The van der Waals surface area contributed by atoms with Gasteiger partial charge in [0.25, 0.3) is 11.9 Å². The molecule has 32 heavy (non-hydrogen) atoms. The molecule has 0 bridgehead atoms. The van der Waals surface area contributed by atoms with Crippen molar-refractivity contribution >= 4 is 11.5 Å². The van der Waals surface area contributed by atoms with Crippen molar-refractivity contribution < 1.29 is 27.8 Å². The van der Waals surface area contributed by atoms with Crippen molar-refractivity contribution in [3.05, 3.63) is 45.1 Å². The molecule has 1 aromatic heterocycles. The van der Waals surface area contributed by atoms with Gasteiger partial charge in [-0.25, -0.2) is 4.79 Å². The molecule has 1 atom stereocenters. The predicted octanol–water partition coefficient (Wildman–Crippen LogP) is 2.08. The van der Waals surface area contributed by atoms with Gasteiger partial charge in [0, 0.05) is 32.8 Å². The lowest BCUT2D eigenvalue weighted by molar-refractivity contribution is -0.274. The fraction of sp³-hybridized carbons (Fsp3) is 0.500. The quantitative estimate of drug-likeness (QED) is 0.625. The van der Waals surface area contributed by atoms with Gasteiger partial charge < -0.3 is 24.8 Å². The summed E-state index contributed by atoms with van der Waals surface area (Å²) in [5.41, 5.74) is -0.878. The van der Waals surface area contributed by atoms with Gasteiger partial charge in [-0.15, -0.1) is 13.2 Å². The molecule has 2 heterocycles. The molecule has 1 aliphatic heterocycles. The van der Waals surface area contributed by atoms with Crippen LogP contribution in [0.4, 0.5) is 24.7 Å². The number of aromatic nitrogens is 2. The Hall–Kier alpha value is -3.15. The molecule has 0 spiro atoms. The van der Waals surface area contributed by atoms with Gasteiger partial charge in [0.1, 0.15) is 23.0 Å². The third kappa shape index (κ3) is 5.01. The molecule has 176 valence electrons. The molecule has 9 nitrogen and oxygen atoms in total. The Kier molecular flexibility index (Phi) is 6.72. The number of nitrogens with zero attached hydrogens (tertiary/aromatic N) is 3. The van der Waals surface area contributed by atoms with Crippen molar-refractivity contribution in [3.8, 4) is 11.5 Å². The van der Waals surface area contributed by atoms with E-state index in [1.807, 2.05) is 13.8 Å². The highest BCUT2D eigenvalue weighted by Crippen LogP contribution is 2.33. The number of fused-ring (bicyclic) bond motifs is 1. The van der Waals surface area contributed by atoms with Crippen LogP contribution in [0.1, 0.15) is 20.3 Å². The Morgan fingerprint density at radius 1 is 1.22 bits per heavy atom. The Morgan fingerprint density at radius 3 is 2.53 bits per heavy atom. The molecule has 1 aromatic carbocycles. The number of hydrogen-bond donors (Lipinski definition) is 2. The van der Waals surface area contributed by atoms with Crippen molar-refractivity contribution in [1.82, 2.24) is 9.13 Å². The SMILES string of the molecule is CC(C)CN1c2c(n(C)c(=O)n(CCCO)c2=O)NC1Oc1cccc(OC(F)(F)F)c1. The first-order valence-electron chi connectivity index (χ1n) is 10.0. The monoisotopic (exact) mass is 458 g/mol. The highest BCUT2D eigenvalue weighted by molar-refractivity contribution is 5.71. The fourth-order valence-corrected chi connectivity index (χ4v) is 3.46. The van der Waals surface area contributed by atoms with E-state index in [-0.39, 0.29) is 42.7 Å². The second-order valence-corrected chi connectivity index (χ2v) is 7.76. The summed E-state index contributed by atoms with van der Waals surface area (Å²) >= 11 is 0. The second-order valence-electron chi connectivity index (χ2n) is 7.76. The Morgan fingerprint density at radius 2 is 1.91 bits per heavy atom. The Bertz CT molecular complexity index is 1080. The van der Waals surface area contributed by atoms with Crippen LogP contribution in [-0.4, -0.2) is 40.1 Å². The maximum atomic E-state index is 13.1. The molecule has 3 rings (SSSR count). The largest absolute Gasteiger partial charge is 0.573 e. The molecule has 12 heteroatoms. The second kappa shape index (κ2) is 9.15. The van der Waals surface area contributed by atoms with Crippen LogP contribution in [0.25, 0.3) is 0 Å². The van der Waals surface area contributed by atoms with Gasteiger partial charge in [0.15, 0.2) is 0 Å². The van der Waals surface area contributed by atoms with E-state index >= 15 is 0 Å². The third-order valence-electron chi connectivity index (χ3n) is 4.74. The lowest BCUT2D eigenvalue weighted by Gasteiger charge is -2.28. The average Bonchev–Trinajstić information content (AvgIpc) is 3.03. The molecule has 1 aliphatic rings. The Balaban J connectivity index is 1.98. The minimum atomic E-state index is -4.85. The van der Waals surface area contributed by atoms with E-state index in [0.29, 0.717) is 6.54 Å². The van der Waals surface area contributed by atoms with Crippen LogP contribution in [0.3, 0.4) is 0 Å². The fourth-order valence-electron chi connectivity index (χ4n) is 3.46. The number of benzene rings is 1. The number of aliphatic hydroxyl groups is 1. The minimum absolute atomic E-state index is 0.0488. The number of rotatable bonds is 8. The van der Waals surface area contributed by atoms with Crippen LogP contribution in [0.2, 0.25) is 0 Å². The van der Waals surface area contributed by atoms with Crippen molar-refractivity contribution in [2.45, 2.75) is 39.5 Å². The topological polar surface area (TPSA) is 98.0 Å². The summed E-state index contributed by atoms with van der Waals surface area (Å²) in [6, 6.07) is 5.04. The summed E-state index contributed by atoms with van der Waals surface area (Å²) in [6.45, 7) is 4.10. The molecule has 0 aliphatic carbocycles. The van der Waals surface area contributed by atoms with Gasteiger partial charge in [-0.1, -0.05) is 19.9 Å². The highest BCUT2D eigenvalue weighted by Gasteiger charge is 2.37. The molecule has 1 unspecified atom stereocenters. The van der Waals surface area contributed by atoms with E-state index in [2.05, 4.69) is 10.1 Å². The first kappa shape index (κ1) is 23.5. The summed E-state index contributed by atoms with van der Waals surface area (Å²) in [6.07, 6.45) is -5.56. The van der Waals surface area contributed by atoms with Crippen LogP contribution in [-0.2, 0) is 13.6 Å². The molecule has 0 saturated heterocycles. The normalized spacial score (nSPS) is 15.6. The van der Waals surface area contributed by atoms with Gasteiger partial charge in [0.05, 0.1) is 0 Å². The van der Waals surface area contributed by atoms with E-state index in [4.69, 9.17) is 9.84 Å². The molecular formula is C20H25F3N4O5. The molecule has 0 amide bonds. The van der Waals surface area contributed by atoms with Crippen LogP contribution in [0, 0.1) is 5.92 Å². The number of halogens is 3. The van der Waals surface area contributed by atoms with E-state index in [1.54, 1.807) is 4.90 Å². The van der Waals surface area contributed by atoms with E-state index < -0.39 is 29.7 Å². The van der Waals surface area contributed by atoms with Crippen LogP contribution in [0.5, 0.6) is 11.5 Å². The number of anilines is 2. The van der Waals surface area contributed by atoms with Crippen molar-refractivity contribution in [1.29, 1.82) is 0 Å². The molecule has 0 saturated carbocycles. The molecule has 0 fully saturated rings. The maximum absolute atomic E-state index is 13.1. The third-order valence-corrected chi connectivity index (χ3v) is 4.74. The summed E-state index contributed by atoms with van der Waals surface area (Å²) < 4.78 is 49.8. The molecule has 2 aromatic rings. The lowest BCUT2D eigenvalue weighted by Crippen LogP contribution is -2.45. The van der Waals surface area contributed by atoms with Crippen molar-refractivity contribution in [2.24, 2.45) is 13.0 Å². The zero-order valence-electron chi connectivity index (χ0n) is 17.8. The smallest absolute Gasteiger partial charge is 0.452 e. The van der Waals surface area contributed by atoms with E-state index in [1.165, 1.54) is 23.7 Å². The predicted molar refractivity (Wildman–Crippen MR) is 111 cm³/mol. The van der Waals surface area contributed by atoms with Crippen LogP contribution in [0.15, 0.2) is 33.9 Å². The van der Waals surface area contributed by atoms with Gasteiger partial charge in [-0.05, 0) is 24.5 Å². The minimum Gasteiger partial charge on any atom is -0.452 e. The lowest BCUT2D eigenvalue weighted by atomic mass is 10.2. The summed E-state index contributed by atoms with van der Waals surface area (Å²) in [5, 5.41) is 12.1. The van der Waals surface area contributed by atoms with Gasteiger partial charge in [0.2, 0.25) is 0 Å².